The number of carbonyl (C=O) groups excluding carboxylic acids is 1. The van der Waals surface area contributed by atoms with E-state index in [4.69, 9.17) is 4.52 Å². The molecule has 1 aromatic rings. The number of thioether (sulfide) groups is 1. The molecule has 6 heteroatoms. The van der Waals surface area contributed by atoms with Crippen molar-refractivity contribution in [3.05, 3.63) is 17.0 Å². The minimum Gasteiger partial charge on any atom is -0.394 e. The van der Waals surface area contributed by atoms with Crippen molar-refractivity contribution in [2.24, 2.45) is 0 Å². The molecule has 0 unspecified atom stereocenters. The highest BCUT2D eigenvalue weighted by atomic mass is 32.2. The Morgan fingerprint density at radius 2 is 2.05 bits per heavy atom. The third-order valence-electron chi connectivity index (χ3n) is 3.72. The van der Waals surface area contributed by atoms with E-state index >= 15 is 0 Å². The number of rotatable bonds is 8. The maximum atomic E-state index is 12.0. The highest BCUT2D eigenvalue weighted by Crippen LogP contribution is 2.20. The van der Waals surface area contributed by atoms with Crippen LogP contribution in [0.4, 0.5) is 0 Å². The number of aliphatic hydroxyl groups is 1. The fourth-order valence-electron chi connectivity index (χ4n) is 1.98. The van der Waals surface area contributed by atoms with Crippen molar-refractivity contribution in [2.45, 2.75) is 51.8 Å². The number of carbonyl (C=O) groups is 1. The van der Waals surface area contributed by atoms with Gasteiger partial charge in [0.1, 0.15) is 5.76 Å². The van der Waals surface area contributed by atoms with Crippen LogP contribution in [0.1, 0.15) is 43.7 Å². The minimum absolute atomic E-state index is 0.0275. The first-order valence-corrected chi connectivity index (χ1v) is 8.04. The highest BCUT2D eigenvalue weighted by molar-refractivity contribution is 7.99. The quantitative estimate of drug-likeness (QED) is 0.769. The molecule has 0 spiro atoms. The first kappa shape index (κ1) is 17.0. The summed E-state index contributed by atoms with van der Waals surface area (Å²) < 4.78 is 5.09. The third-order valence-corrected chi connectivity index (χ3v) is 4.68. The number of hydrogen-bond acceptors (Lipinski definition) is 5. The molecule has 20 heavy (non-hydrogen) atoms. The van der Waals surface area contributed by atoms with E-state index < -0.39 is 5.54 Å². The molecule has 114 valence electrons. The van der Waals surface area contributed by atoms with Crippen LogP contribution in [-0.2, 0) is 10.5 Å². The minimum atomic E-state index is -0.485. The number of aromatic nitrogens is 1. The molecule has 0 radical (unpaired) electrons. The highest BCUT2D eigenvalue weighted by Gasteiger charge is 2.26. The fourth-order valence-corrected chi connectivity index (χ4v) is 2.95. The second-order valence-electron chi connectivity index (χ2n) is 4.99. The molecule has 0 aliphatic carbocycles. The summed E-state index contributed by atoms with van der Waals surface area (Å²) in [5.41, 5.74) is 1.45. The van der Waals surface area contributed by atoms with Gasteiger partial charge in [-0.25, -0.2) is 0 Å². The van der Waals surface area contributed by atoms with Crippen molar-refractivity contribution in [2.75, 3.05) is 12.4 Å². The van der Waals surface area contributed by atoms with Gasteiger partial charge in [0.25, 0.3) is 0 Å². The van der Waals surface area contributed by atoms with Crippen molar-refractivity contribution in [1.29, 1.82) is 0 Å². The molecule has 0 saturated heterocycles. The number of aryl methyl sites for hydroxylation is 2. The lowest BCUT2D eigenvalue weighted by molar-refractivity contribution is -0.121. The number of nitrogens with zero attached hydrogens (tertiary/aromatic N) is 1. The Balaban J connectivity index is 2.44. The van der Waals surface area contributed by atoms with Gasteiger partial charge >= 0.3 is 0 Å². The zero-order valence-electron chi connectivity index (χ0n) is 12.7. The fraction of sp³-hybridized carbons (Fsp3) is 0.714. The summed E-state index contributed by atoms with van der Waals surface area (Å²) in [6.07, 6.45) is 1.44. The Bertz CT molecular complexity index is 414. The topological polar surface area (TPSA) is 75.4 Å². The van der Waals surface area contributed by atoms with E-state index in [1.165, 1.54) is 11.8 Å². The number of amides is 1. The van der Waals surface area contributed by atoms with E-state index in [1.54, 1.807) is 0 Å². The lowest BCUT2D eigenvalue weighted by atomic mass is 9.94. The average Bonchev–Trinajstić information content (AvgIpc) is 2.76. The second-order valence-corrected chi connectivity index (χ2v) is 5.97. The van der Waals surface area contributed by atoms with Gasteiger partial charge < -0.3 is 14.9 Å². The van der Waals surface area contributed by atoms with E-state index in [-0.39, 0.29) is 12.5 Å². The van der Waals surface area contributed by atoms with Crippen molar-refractivity contribution < 1.29 is 14.4 Å². The third kappa shape index (κ3) is 4.24. The van der Waals surface area contributed by atoms with E-state index in [0.717, 1.165) is 29.9 Å². The molecular weight excluding hydrogens is 276 g/mol. The molecule has 0 saturated carbocycles. The van der Waals surface area contributed by atoms with Crippen molar-refractivity contribution >= 4 is 17.7 Å². The van der Waals surface area contributed by atoms with Gasteiger partial charge in [-0.15, -0.1) is 11.8 Å². The van der Waals surface area contributed by atoms with Gasteiger partial charge in [-0.2, -0.15) is 0 Å². The molecule has 0 atom stereocenters. The Labute approximate surface area is 124 Å². The largest absolute Gasteiger partial charge is 0.394 e. The standard InChI is InChI=1S/C14H24N2O3S/c1-5-14(6-2,9-17)15-13(18)8-20-7-12-10(3)16-19-11(12)4/h17H,5-9H2,1-4H3,(H,15,18). The summed E-state index contributed by atoms with van der Waals surface area (Å²) in [5, 5.41) is 16.3. The van der Waals surface area contributed by atoms with Gasteiger partial charge in [0.2, 0.25) is 5.91 Å². The normalized spacial score (nSPS) is 11.7. The molecule has 0 fully saturated rings. The number of nitrogens with one attached hydrogen (secondary N) is 1. The van der Waals surface area contributed by atoms with Crippen LogP contribution in [0.2, 0.25) is 0 Å². The first-order valence-electron chi connectivity index (χ1n) is 6.89. The SMILES string of the molecule is CCC(CC)(CO)NC(=O)CSCc1c(C)noc1C. The van der Waals surface area contributed by atoms with Gasteiger partial charge in [-0.3, -0.25) is 4.79 Å². The van der Waals surface area contributed by atoms with E-state index in [9.17, 15) is 9.90 Å². The van der Waals surface area contributed by atoms with Crippen molar-refractivity contribution in [3.63, 3.8) is 0 Å². The molecule has 1 aromatic heterocycles. The van der Waals surface area contributed by atoms with Crippen LogP contribution in [0.5, 0.6) is 0 Å². The zero-order chi connectivity index (χ0) is 15.2. The van der Waals surface area contributed by atoms with Crippen LogP contribution >= 0.6 is 11.8 Å². The summed E-state index contributed by atoms with van der Waals surface area (Å²) in [7, 11) is 0. The molecule has 0 aliphatic heterocycles. The Kier molecular flexibility index (Phi) is 6.55. The van der Waals surface area contributed by atoms with Gasteiger partial charge in [-0.05, 0) is 26.7 Å². The zero-order valence-corrected chi connectivity index (χ0v) is 13.5. The maximum absolute atomic E-state index is 12.0. The predicted molar refractivity (Wildman–Crippen MR) is 80.7 cm³/mol. The average molecular weight is 300 g/mol. The molecule has 2 N–H and O–H groups in total. The maximum Gasteiger partial charge on any atom is 0.230 e. The summed E-state index contributed by atoms with van der Waals surface area (Å²) in [6, 6.07) is 0. The van der Waals surface area contributed by atoms with Crippen molar-refractivity contribution in [3.8, 4) is 0 Å². The van der Waals surface area contributed by atoms with Crippen LogP contribution in [0.3, 0.4) is 0 Å². The Morgan fingerprint density at radius 3 is 2.50 bits per heavy atom. The summed E-state index contributed by atoms with van der Waals surface area (Å²) in [6.45, 7) is 7.69. The van der Waals surface area contributed by atoms with E-state index in [2.05, 4.69) is 10.5 Å². The first-order chi connectivity index (χ1) is 9.48. The molecule has 1 amide bonds. The monoisotopic (exact) mass is 300 g/mol. The van der Waals surface area contributed by atoms with E-state index in [1.807, 2.05) is 27.7 Å². The number of hydrogen-bond donors (Lipinski definition) is 2. The van der Waals surface area contributed by atoms with Gasteiger partial charge in [0, 0.05) is 11.3 Å². The molecule has 0 bridgehead atoms. The predicted octanol–water partition coefficient (Wildman–Crippen LogP) is 2.19. The smallest absolute Gasteiger partial charge is 0.230 e. The molecular formula is C14H24N2O3S. The molecule has 1 rings (SSSR count). The molecule has 0 aromatic carbocycles. The van der Waals surface area contributed by atoms with Gasteiger partial charge in [0.15, 0.2) is 0 Å². The Hall–Kier alpha value is -1.01. The van der Waals surface area contributed by atoms with Crippen LogP contribution in [0, 0.1) is 13.8 Å². The van der Waals surface area contributed by atoms with Crippen LogP contribution < -0.4 is 5.32 Å². The summed E-state index contributed by atoms with van der Waals surface area (Å²) >= 11 is 1.53. The number of aliphatic hydroxyl groups excluding tert-OH is 1. The summed E-state index contributed by atoms with van der Waals surface area (Å²) in [5.74, 6) is 1.84. The van der Waals surface area contributed by atoms with Crippen molar-refractivity contribution in [1.82, 2.24) is 10.5 Å². The van der Waals surface area contributed by atoms with Crippen LogP contribution in [0.15, 0.2) is 4.52 Å². The molecule has 5 nitrogen and oxygen atoms in total. The lowest BCUT2D eigenvalue weighted by Crippen LogP contribution is -2.51. The van der Waals surface area contributed by atoms with Crippen LogP contribution in [-0.4, -0.2) is 34.1 Å². The lowest BCUT2D eigenvalue weighted by Gasteiger charge is -2.30. The van der Waals surface area contributed by atoms with Gasteiger partial charge in [0.05, 0.1) is 23.6 Å². The Morgan fingerprint density at radius 1 is 1.40 bits per heavy atom. The van der Waals surface area contributed by atoms with Crippen LogP contribution in [0.25, 0.3) is 0 Å². The molecule has 0 aliphatic rings. The second kappa shape index (κ2) is 7.69. The van der Waals surface area contributed by atoms with E-state index in [0.29, 0.717) is 11.5 Å². The molecule has 1 heterocycles. The summed E-state index contributed by atoms with van der Waals surface area (Å²) in [4.78, 5) is 12.0. The van der Waals surface area contributed by atoms with Gasteiger partial charge in [-0.1, -0.05) is 19.0 Å².